The third-order valence-corrected chi connectivity index (χ3v) is 3.70. The average molecular weight is 253 g/mol. The molecular weight excluding hydrogens is 230 g/mol. The summed E-state index contributed by atoms with van der Waals surface area (Å²) in [4.78, 5) is 16.4. The predicted octanol–water partition coefficient (Wildman–Crippen LogP) is 1.67. The van der Waals surface area contributed by atoms with E-state index in [4.69, 9.17) is 10.2 Å². The SMILES string of the molecule is CCC(CC)(CN)C(=O)NCc1nc(C)c(C)o1. The van der Waals surface area contributed by atoms with Crippen molar-refractivity contribution < 1.29 is 9.21 Å². The summed E-state index contributed by atoms with van der Waals surface area (Å²) in [5, 5.41) is 2.86. The van der Waals surface area contributed by atoms with Gasteiger partial charge in [0.05, 0.1) is 17.7 Å². The molecule has 1 aromatic heterocycles. The van der Waals surface area contributed by atoms with Gasteiger partial charge >= 0.3 is 0 Å². The molecule has 1 aromatic rings. The summed E-state index contributed by atoms with van der Waals surface area (Å²) >= 11 is 0. The third kappa shape index (κ3) is 2.90. The van der Waals surface area contributed by atoms with Crippen molar-refractivity contribution in [3.8, 4) is 0 Å². The number of nitrogens with two attached hydrogens (primary N) is 1. The molecule has 1 heterocycles. The van der Waals surface area contributed by atoms with Crippen LogP contribution in [0, 0.1) is 19.3 Å². The summed E-state index contributed by atoms with van der Waals surface area (Å²) in [7, 11) is 0. The van der Waals surface area contributed by atoms with Crippen molar-refractivity contribution in [2.45, 2.75) is 47.1 Å². The van der Waals surface area contributed by atoms with Gasteiger partial charge < -0.3 is 15.5 Å². The van der Waals surface area contributed by atoms with Crippen LogP contribution in [0.5, 0.6) is 0 Å². The fourth-order valence-corrected chi connectivity index (χ4v) is 1.91. The molecule has 0 aliphatic heterocycles. The molecule has 0 radical (unpaired) electrons. The van der Waals surface area contributed by atoms with E-state index in [1.165, 1.54) is 0 Å². The van der Waals surface area contributed by atoms with Crippen molar-refractivity contribution in [1.82, 2.24) is 10.3 Å². The summed E-state index contributed by atoms with van der Waals surface area (Å²) < 4.78 is 5.42. The van der Waals surface area contributed by atoms with Gasteiger partial charge in [-0.2, -0.15) is 0 Å². The molecule has 1 amide bonds. The van der Waals surface area contributed by atoms with Crippen molar-refractivity contribution in [2.24, 2.45) is 11.1 Å². The van der Waals surface area contributed by atoms with Crippen LogP contribution in [0.4, 0.5) is 0 Å². The van der Waals surface area contributed by atoms with Gasteiger partial charge in [-0.05, 0) is 26.7 Å². The normalized spacial score (nSPS) is 11.6. The van der Waals surface area contributed by atoms with Crippen LogP contribution in [0.25, 0.3) is 0 Å². The first-order chi connectivity index (χ1) is 8.49. The van der Waals surface area contributed by atoms with E-state index in [2.05, 4.69) is 10.3 Å². The minimum atomic E-state index is -0.476. The van der Waals surface area contributed by atoms with Crippen LogP contribution < -0.4 is 11.1 Å². The Morgan fingerprint density at radius 1 is 1.39 bits per heavy atom. The van der Waals surface area contributed by atoms with E-state index in [1.807, 2.05) is 27.7 Å². The third-order valence-electron chi connectivity index (χ3n) is 3.70. The summed E-state index contributed by atoms with van der Waals surface area (Å²) in [5.41, 5.74) is 6.11. The Bertz CT molecular complexity index is 381. The van der Waals surface area contributed by atoms with Gasteiger partial charge in [-0.3, -0.25) is 4.79 Å². The molecular formula is C13H23N3O2. The molecule has 3 N–H and O–H groups in total. The first kappa shape index (κ1) is 14.7. The molecule has 102 valence electrons. The number of oxazole rings is 1. The molecule has 0 bridgehead atoms. The predicted molar refractivity (Wildman–Crippen MR) is 69.9 cm³/mol. The first-order valence-electron chi connectivity index (χ1n) is 6.40. The summed E-state index contributed by atoms with van der Waals surface area (Å²) in [6, 6.07) is 0. The fourth-order valence-electron chi connectivity index (χ4n) is 1.91. The lowest BCUT2D eigenvalue weighted by molar-refractivity contribution is -0.131. The van der Waals surface area contributed by atoms with Crippen molar-refractivity contribution >= 4 is 5.91 Å². The number of carbonyl (C=O) groups excluding carboxylic acids is 1. The molecule has 0 saturated carbocycles. The number of aryl methyl sites for hydroxylation is 2. The van der Waals surface area contributed by atoms with Gasteiger partial charge in [0, 0.05) is 6.54 Å². The van der Waals surface area contributed by atoms with Crippen LogP contribution in [-0.4, -0.2) is 17.4 Å². The first-order valence-corrected chi connectivity index (χ1v) is 6.40. The molecule has 18 heavy (non-hydrogen) atoms. The average Bonchev–Trinajstić information content (AvgIpc) is 2.69. The zero-order valence-corrected chi connectivity index (χ0v) is 11.7. The van der Waals surface area contributed by atoms with Gasteiger partial charge in [-0.25, -0.2) is 4.98 Å². The molecule has 0 saturated heterocycles. The second-order valence-corrected chi connectivity index (χ2v) is 4.62. The topological polar surface area (TPSA) is 81.2 Å². The molecule has 5 nitrogen and oxygen atoms in total. The number of amides is 1. The maximum Gasteiger partial charge on any atom is 0.227 e. The quantitative estimate of drug-likeness (QED) is 0.808. The standard InChI is InChI=1S/C13H23N3O2/c1-5-13(6-2,8-14)12(17)15-7-11-16-9(3)10(4)18-11/h5-8,14H2,1-4H3,(H,15,17). The molecule has 0 fully saturated rings. The Labute approximate surface area is 108 Å². The Kier molecular flexibility index (Phi) is 4.90. The van der Waals surface area contributed by atoms with E-state index in [9.17, 15) is 4.79 Å². The monoisotopic (exact) mass is 253 g/mol. The molecule has 5 heteroatoms. The number of carbonyl (C=O) groups is 1. The zero-order chi connectivity index (χ0) is 13.8. The molecule has 0 aliphatic rings. The van der Waals surface area contributed by atoms with E-state index in [1.54, 1.807) is 0 Å². The summed E-state index contributed by atoms with van der Waals surface area (Å²) in [5.74, 6) is 1.30. The number of hydrogen-bond donors (Lipinski definition) is 2. The lowest BCUT2D eigenvalue weighted by Crippen LogP contribution is -2.45. The van der Waals surface area contributed by atoms with E-state index in [0.717, 1.165) is 24.3 Å². The highest BCUT2D eigenvalue weighted by Crippen LogP contribution is 2.25. The van der Waals surface area contributed by atoms with Crippen molar-refractivity contribution in [3.05, 3.63) is 17.3 Å². The van der Waals surface area contributed by atoms with Crippen LogP contribution in [0.15, 0.2) is 4.42 Å². The van der Waals surface area contributed by atoms with E-state index in [-0.39, 0.29) is 5.91 Å². The molecule has 0 aromatic carbocycles. The van der Waals surface area contributed by atoms with E-state index >= 15 is 0 Å². The highest BCUT2D eigenvalue weighted by molar-refractivity contribution is 5.82. The number of nitrogens with zero attached hydrogens (tertiary/aromatic N) is 1. The molecule has 0 aliphatic carbocycles. The van der Waals surface area contributed by atoms with Crippen LogP contribution in [-0.2, 0) is 11.3 Å². The second-order valence-electron chi connectivity index (χ2n) is 4.62. The molecule has 1 rings (SSSR count). The van der Waals surface area contributed by atoms with Gasteiger partial charge in [0.15, 0.2) is 0 Å². The molecule has 0 unspecified atom stereocenters. The minimum Gasteiger partial charge on any atom is -0.444 e. The number of nitrogens with one attached hydrogen (secondary N) is 1. The second kappa shape index (κ2) is 6.00. The number of rotatable bonds is 6. The number of hydrogen-bond acceptors (Lipinski definition) is 4. The highest BCUT2D eigenvalue weighted by atomic mass is 16.4. The van der Waals surface area contributed by atoms with Crippen LogP contribution >= 0.6 is 0 Å². The van der Waals surface area contributed by atoms with Crippen molar-refractivity contribution in [3.63, 3.8) is 0 Å². The lowest BCUT2D eigenvalue weighted by Gasteiger charge is -2.28. The maximum absolute atomic E-state index is 12.2. The largest absolute Gasteiger partial charge is 0.444 e. The molecule has 0 atom stereocenters. The van der Waals surface area contributed by atoms with Gasteiger partial charge in [-0.1, -0.05) is 13.8 Å². The zero-order valence-electron chi connectivity index (χ0n) is 11.7. The summed E-state index contributed by atoms with van der Waals surface area (Å²) in [6.07, 6.45) is 1.46. The van der Waals surface area contributed by atoms with Crippen molar-refractivity contribution in [1.29, 1.82) is 0 Å². The van der Waals surface area contributed by atoms with E-state index in [0.29, 0.717) is 19.0 Å². The minimum absolute atomic E-state index is 0.0245. The molecule has 0 spiro atoms. The highest BCUT2D eigenvalue weighted by Gasteiger charge is 2.33. The maximum atomic E-state index is 12.2. The fraction of sp³-hybridized carbons (Fsp3) is 0.692. The van der Waals surface area contributed by atoms with Crippen molar-refractivity contribution in [2.75, 3.05) is 6.54 Å². The summed E-state index contributed by atoms with van der Waals surface area (Å²) in [6.45, 7) is 8.37. The smallest absolute Gasteiger partial charge is 0.227 e. The van der Waals surface area contributed by atoms with Crippen LogP contribution in [0.3, 0.4) is 0 Å². The number of aromatic nitrogens is 1. The van der Waals surface area contributed by atoms with E-state index < -0.39 is 5.41 Å². The Balaban J connectivity index is 2.65. The van der Waals surface area contributed by atoms with Gasteiger partial charge in [0.1, 0.15) is 5.76 Å². The van der Waals surface area contributed by atoms with Crippen LogP contribution in [0.2, 0.25) is 0 Å². The Morgan fingerprint density at radius 2 is 2.00 bits per heavy atom. The van der Waals surface area contributed by atoms with Gasteiger partial charge in [0.2, 0.25) is 11.8 Å². The lowest BCUT2D eigenvalue weighted by atomic mass is 9.81. The van der Waals surface area contributed by atoms with Gasteiger partial charge in [0.25, 0.3) is 0 Å². The van der Waals surface area contributed by atoms with Crippen LogP contribution in [0.1, 0.15) is 44.0 Å². The Morgan fingerprint density at radius 3 is 2.39 bits per heavy atom. The Hall–Kier alpha value is -1.36. The van der Waals surface area contributed by atoms with Gasteiger partial charge in [-0.15, -0.1) is 0 Å².